The molecule has 1 heterocycles. The highest BCUT2D eigenvalue weighted by molar-refractivity contribution is 5.91. The van der Waals surface area contributed by atoms with E-state index in [0.29, 0.717) is 16.7 Å². The van der Waals surface area contributed by atoms with Gasteiger partial charge in [0.2, 0.25) is 5.95 Å². The zero-order valence-corrected chi connectivity index (χ0v) is 11.0. The van der Waals surface area contributed by atoms with Crippen molar-refractivity contribution in [1.29, 1.82) is 0 Å². The zero-order chi connectivity index (χ0) is 14.2. The van der Waals surface area contributed by atoms with Crippen LogP contribution in [0.5, 0.6) is 0 Å². The van der Waals surface area contributed by atoms with Gasteiger partial charge in [0.05, 0.1) is 17.3 Å². The van der Waals surface area contributed by atoms with Crippen molar-refractivity contribution in [1.82, 2.24) is 9.78 Å². The average molecular weight is 262 g/mol. The molecule has 4 nitrogen and oxygen atoms in total. The maximum Gasteiger partial charge on any atom is 0.335 e. The molecule has 5 heteroatoms. The third-order valence-electron chi connectivity index (χ3n) is 3.00. The third kappa shape index (κ3) is 2.36. The standard InChI is InChI=1S/C14H15FN2O2/c1-8(2)17-13(15)12(7-16-17)10-5-4-9(3)11(6-10)14(18)19/h4-8H,1-3H3,(H,18,19). The summed E-state index contributed by atoms with van der Waals surface area (Å²) in [6, 6.07) is 4.76. The fourth-order valence-corrected chi connectivity index (χ4v) is 1.92. The molecular weight excluding hydrogens is 247 g/mol. The average Bonchev–Trinajstić information content (AvgIpc) is 2.71. The molecule has 1 N–H and O–H groups in total. The van der Waals surface area contributed by atoms with Crippen LogP contribution < -0.4 is 0 Å². The van der Waals surface area contributed by atoms with Gasteiger partial charge < -0.3 is 5.11 Å². The Bertz CT molecular complexity index is 632. The largest absolute Gasteiger partial charge is 0.478 e. The van der Waals surface area contributed by atoms with E-state index in [9.17, 15) is 9.18 Å². The molecule has 0 radical (unpaired) electrons. The van der Waals surface area contributed by atoms with E-state index in [0.717, 1.165) is 0 Å². The highest BCUT2D eigenvalue weighted by Gasteiger charge is 2.16. The molecule has 1 aromatic carbocycles. The van der Waals surface area contributed by atoms with Crippen LogP contribution in [0.4, 0.5) is 4.39 Å². The Kier molecular flexibility index (Phi) is 3.38. The topological polar surface area (TPSA) is 55.1 Å². The number of rotatable bonds is 3. The first-order chi connectivity index (χ1) is 8.91. The van der Waals surface area contributed by atoms with Gasteiger partial charge in [-0.25, -0.2) is 9.48 Å². The maximum absolute atomic E-state index is 14.2. The van der Waals surface area contributed by atoms with Crippen LogP contribution in [0.2, 0.25) is 0 Å². The summed E-state index contributed by atoms with van der Waals surface area (Å²) in [7, 11) is 0. The maximum atomic E-state index is 14.2. The van der Waals surface area contributed by atoms with Crippen molar-refractivity contribution < 1.29 is 14.3 Å². The van der Waals surface area contributed by atoms with E-state index in [4.69, 9.17) is 5.11 Å². The Hall–Kier alpha value is -2.17. The minimum atomic E-state index is -1.02. The number of benzene rings is 1. The minimum absolute atomic E-state index is 0.0851. The number of halogens is 1. The SMILES string of the molecule is Cc1ccc(-c2cnn(C(C)C)c2F)cc1C(=O)O. The molecule has 0 saturated heterocycles. The van der Waals surface area contributed by atoms with Gasteiger partial charge in [0.25, 0.3) is 0 Å². The van der Waals surface area contributed by atoms with E-state index in [1.165, 1.54) is 16.9 Å². The second-order valence-electron chi connectivity index (χ2n) is 4.72. The van der Waals surface area contributed by atoms with Gasteiger partial charge in [-0.1, -0.05) is 12.1 Å². The molecule has 0 bridgehead atoms. The van der Waals surface area contributed by atoms with E-state index in [1.54, 1.807) is 19.1 Å². The van der Waals surface area contributed by atoms with Crippen LogP contribution in [0, 0.1) is 12.9 Å². The summed E-state index contributed by atoms with van der Waals surface area (Å²) in [6.45, 7) is 5.37. The van der Waals surface area contributed by atoms with Crippen molar-refractivity contribution in [3.05, 3.63) is 41.5 Å². The number of hydrogen-bond acceptors (Lipinski definition) is 2. The number of aryl methyl sites for hydroxylation is 1. The van der Waals surface area contributed by atoms with E-state index in [-0.39, 0.29) is 11.6 Å². The smallest absolute Gasteiger partial charge is 0.335 e. The number of nitrogens with zero attached hydrogens (tertiary/aromatic N) is 2. The minimum Gasteiger partial charge on any atom is -0.478 e. The first-order valence-corrected chi connectivity index (χ1v) is 5.99. The molecule has 0 aliphatic heterocycles. The number of carboxylic acids is 1. The number of carbonyl (C=O) groups is 1. The highest BCUT2D eigenvalue weighted by Crippen LogP contribution is 2.26. The Balaban J connectivity index is 2.54. The predicted molar refractivity (Wildman–Crippen MR) is 69.7 cm³/mol. The van der Waals surface area contributed by atoms with Crippen molar-refractivity contribution in [3.8, 4) is 11.1 Å². The van der Waals surface area contributed by atoms with Gasteiger partial charge >= 0.3 is 5.97 Å². The summed E-state index contributed by atoms with van der Waals surface area (Å²) in [5, 5.41) is 13.1. The Morgan fingerprint density at radius 3 is 2.63 bits per heavy atom. The first kappa shape index (κ1) is 13.3. The summed E-state index contributed by atoms with van der Waals surface area (Å²) in [5.74, 6) is -1.47. The van der Waals surface area contributed by atoms with Gasteiger partial charge in [-0.2, -0.15) is 9.49 Å². The number of hydrogen-bond donors (Lipinski definition) is 1. The van der Waals surface area contributed by atoms with Gasteiger partial charge in [0.1, 0.15) is 0 Å². The van der Waals surface area contributed by atoms with Crippen LogP contribution in [0.1, 0.15) is 35.8 Å². The molecule has 0 fully saturated rings. The molecule has 19 heavy (non-hydrogen) atoms. The zero-order valence-electron chi connectivity index (χ0n) is 11.0. The molecule has 0 aliphatic rings. The molecule has 0 spiro atoms. The van der Waals surface area contributed by atoms with E-state index in [1.807, 2.05) is 13.8 Å². The predicted octanol–water partition coefficient (Wildman–Crippen LogP) is 3.28. The van der Waals surface area contributed by atoms with Crippen molar-refractivity contribution in [3.63, 3.8) is 0 Å². The van der Waals surface area contributed by atoms with Gasteiger partial charge in [-0.05, 0) is 38.0 Å². The van der Waals surface area contributed by atoms with Crippen molar-refractivity contribution >= 4 is 5.97 Å². The molecule has 100 valence electrons. The molecule has 0 saturated carbocycles. The molecule has 0 unspecified atom stereocenters. The van der Waals surface area contributed by atoms with Gasteiger partial charge in [0, 0.05) is 6.04 Å². The fourth-order valence-electron chi connectivity index (χ4n) is 1.92. The molecule has 1 aromatic heterocycles. The Morgan fingerprint density at radius 1 is 1.42 bits per heavy atom. The van der Waals surface area contributed by atoms with Gasteiger partial charge in [-0.15, -0.1) is 0 Å². The van der Waals surface area contributed by atoms with Crippen molar-refractivity contribution in [2.75, 3.05) is 0 Å². The molecule has 0 amide bonds. The summed E-state index contributed by atoms with van der Waals surface area (Å²) < 4.78 is 15.4. The summed E-state index contributed by atoms with van der Waals surface area (Å²) >= 11 is 0. The lowest BCUT2D eigenvalue weighted by Gasteiger charge is -2.07. The lowest BCUT2D eigenvalue weighted by atomic mass is 10.0. The Labute approximate surface area is 110 Å². The highest BCUT2D eigenvalue weighted by atomic mass is 19.1. The number of aromatic nitrogens is 2. The lowest BCUT2D eigenvalue weighted by molar-refractivity contribution is 0.0696. The van der Waals surface area contributed by atoms with Crippen LogP contribution in [0.3, 0.4) is 0 Å². The molecular formula is C14H15FN2O2. The van der Waals surface area contributed by atoms with Crippen LogP contribution in [0.15, 0.2) is 24.4 Å². The van der Waals surface area contributed by atoms with Crippen molar-refractivity contribution in [2.24, 2.45) is 0 Å². The number of carboxylic acid groups (broad SMARTS) is 1. The molecule has 0 atom stereocenters. The van der Waals surface area contributed by atoms with Crippen LogP contribution in [-0.2, 0) is 0 Å². The third-order valence-corrected chi connectivity index (χ3v) is 3.00. The lowest BCUT2D eigenvalue weighted by Crippen LogP contribution is -2.05. The summed E-state index contributed by atoms with van der Waals surface area (Å²) in [5.41, 5.74) is 1.66. The molecule has 0 aliphatic carbocycles. The monoisotopic (exact) mass is 262 g/mol. The van der Waals surface area contributed by atoms with Crippen molar-refractivity contribution in [2.45, 2.75) is 26.8 Å². The van der Waals surface area contributed by atoms with E-state index < -0.39 is 11.9 Å². The van der Waals surface area contributed by atoms with Crippen LogP contribution >= 0.6 is 0 Å². The molecule has 2 aromatic rings. The first-order valence-electron chi connectivity index (χ1n) is 5.99. The molecule has 2 rings (SSSR count). The fraction of sp³-hybridized carbons (Fsp3) is 0.286. The Morgan fingerprint density at radius 2 is 2.11 bits per heavy atom. The van der Waals surface area contributed by atoms with E-state index >= 15 is 0 Å². The van der Waals surface area contributed by atoms with Gasteiger partial charge in [-0.3, -0.25) is 0 Å². The second kappa shape index (κ2) is 4.84. The normalized spacial score (nSPS) is 11.0. The van der Waals surface area contributed by atoms with E-state index in [2.05, 4.69) is 5.10 Å². The van der Waals surface area contributed by atoms with Crippen LogP contribution in [0.25, 0.3) is 11.1 Å². The van der Waals surface area contributed by atoms with Gasteiger partial charge in [0.15, 0.2) is 0 Å². The number of aromatic carboxylic acids is 1. The summed E-state index contributed by atoms with van der Waals surface area (Å²) in [4.78, 5) is 11.1. The quantitative estimate of drug-likeness (QED) is 0.923. The second-order valence-corrected chi connectivity index (χ2v) is 4.72. The van der Waals surface area contributed by atoms with Crippen LogP contribution in [-0.4, -0.2) is 20.9 Å². The summed E-state index contributed by atoms with van der Waals surface area (Å²) in [6.07, 6.45) is 1.42.